The molecule has 0 fully saturated rings. The van der Waals surface area contributed by atoms with Gasteiger partial charge in [-0.25, -0.2) is 19.9 Å². The van der Waals surface area contributed by atoms with Crippen LogP contribution in [0.15, 0.2) is 162 Å². The molecule has 0 saturated carbocycles. The first kappa shape index (κ1) is 26.9. The van der Waals surface area contributed by atoms with Crippen molar-refractivity contribution in [2.24, 2.45) is 0 Å². The van der Waals surface area contributed by atoms with Gasteiger partial charge in [0.1, 0.15) is 5.52 Å². The van der Waals surface area contributed by atoms with Crippen molar-refractivity contribution in [3.05, 3.63) is 158 Å². The Bertz CT molecular complexity index is 2550. The topological polar surface area (TPSA) is 64.7 Å². The van der Waals surface area contributed by atoms with Crippen LogP contribution in [0.5, 0.6) is 0 Å². The summed E-state index contributed by atoms with van der Waals surface area (Å²) >= 11 is 0. The Morgan fingerprint density at radius 2 is 0.936 bits per heavy atom. The van der Waals surface area contributed by atoms with Crippen molar-refractivity contribution in [2.75, 3.05) is 0 Å². The number of oxazole rings is 1. The minimum Gasteiger partial charge on any atom is -0.435 e. The van der Waals surface area contributed by atoms with Gasteiger partial charge in [-0.05, 0) is 45.5 Å². The average molecular weight is 603 g/mol. The Labute approximate surface area is 270 Å². The van der Waals surface area contributed by atoms with E-state index in [4.69, 9.17) is 24.4 Å². The molecule has 0 N–H and O–H groups in total. The molecule has 2 heterocycles. The SMILES string of the molecule is c1ccc(-c2nc(-c3ccc(-c4cccc5ccccc45)cc3)nc(-c3cccc4ccc5nc(-c6ccccc6)oc5c34)n2)cc1. The van der Waals surface area contributed by atoms with E-state index in [1.807, 2.05) is 78.9 Å². The first-order valence-corrected chi connectivity index (χ1v) is 15.6. The van der Waals surface area contributed by atoms with E-state index < -0.39 is 0 Å². The lowest BCUT2D eigenvalue weighted by atomic mass is 9.97. The molecule has 5 heteroatoms. The summed E-state index contributed by atoms with van der Waals surface area (Å²) in [5.74, 6) is 2.36. The molecule has 0 aliphatic carbocycles. The molecule has 0 aliphatic heterocycles. The van der Waals surface area contributed by atoms with Crippen molar-refractivity contribution in [1.82, 2.24) is 19.9 Å². The van der Waals surface area contributed by atoms with Crippen molar-refractivity contribution in [3.8, 4) is 56.7 Å². The van der Waals surface area contributed by atoms with E-state index in [1.54, 1.807) is 0 Å². The van der Waals surface area contributed by atoms with Gasteiger partial charge in [0.05, 0.1) is 0 Å². The molecule has 0 saturated heterocycles. The van der Waals surface area contributed by atoms with Gasteiger partial charge in [-0.15, -0.1) is 0 Å². The van der Waals surface area contributed by atoms with Crippen molar-refractivity contribution < 1.29 is 4.42 Å². The number of benzene rings is 7. The van der Waals surface area contributed by atoms with Gasteiger partial charge in [0.25, 0.3) is 0 Å². The number of hydrogen-bond donors (Lipinski definition) is 0. The first-order valence-electron chi connectivity index (χ1n) is 15.6. The molecule has 0 spiro atoms. The second-order valence-corrected chi connectivity index (χ2v) is 11.5. The van der Waals surface area contributed by atoms with Crippen LogP contribution >= 0.6 is 0 Å². The van der Waals surface area contributed by atoms with Gasteiger partial charge in [0, 0.05) is 27.6 Å². The van der Waals surface area contributed by atoms with Crippen LogP contribution in [-0.4, -0.2) is 19.9 Å². The molecule has 0 radical (unpaired) electrons. The lowest BCUT2D eigenvalue weighted by Crippen LogP contribution is -2.00. The van der Waals surface area contributed by atoms with E-state index in [2.05, 4.69) is 78.9 Å². The number of nitrogens with zero attached hydrogens (tertiary/aromatic N) is 4. The Morgan fingerprint density at radius 1 is 0.362 bits per heavy atom. The third-order valence-electron chi connectivity index (χ3n) is 8.57. The van der Waals surface area contributed by atoms with Crippen LogP contribution in [0.4, 0.5) is 0 Å². The van der Waals surface area contributed by atoms with Gasteiger partial charge in [-0.3, -0.25) is 0 Å². The number of aromatic nitrogens is 4. The second kappa shape index (κ2) is 11.2. The van der Waals surface area contributed by atoms with Gasteiger partial charge in [0.15, 0.2) is 23.1 Å². The highest BCUT2D eigenvalue weighted by Crippen LogP contribution is 2.37. The summed E-state index contributed by atoms with van der Waals surface area (Å²) in [5, 5.41) is 4.38. The lowest BCUT2D eigenvalue weighted by molar-refractivity contribution is 0.623. The van der Waals surface area contributed by atoms with Crippen LogP contribution in [0.1, 0.15) is 0 Å². The van der Waals surface area contributed by atoms with Gasteiger partial charge < -0.3 is 4.42 Å². The van der Waals surface area contributed by atoms with E-state index in [-0.39, 0.29) is 0 Å². The zero-order valence-corrected chi connectivity index (χ0v) is 25.2. The summed E-state index contributed by atoms with van der Waals surface area (Å²) in [4.78, 5) is 19.9. The van der Waals surface area contributed by atoms with E-state index in [0.29, 0.717) is 28.9 Å². The summed E-state index contributed by atoms with van der Waals surface area (Å²) < 4.78 is 6.46. The molecule has 47 heavy (non-hydrogen) atoms. The Balaban J connectivity index is 1.22. The quantitative estimate of drug-likeness (QED) is 0.196. The summed E-state index contributed by atoms with van der Waals surface area (Å²) in [6.07, 6.45) is 0. The molecule has 2 aromatic heterocycles. The molecule has 7 aromatic carbocycles. The largest absolute Gasteiger partial charge is 0.435 e. The second-order valence-electron chi connectivity index (χ2n) is 11.5. The summed E-state index contributed by atoms with van der Waals surface area (Å²) in [7, 11) is 0. The highest BCUT2D eigenvalue weighted by molar-refractivity contribution is 6.10. The van der Waals surface area contributed by atoms with Gasteiger partial charge in [0.2, 0.25) is 5.89 Å². The van der Waals surface area contributed by atoms with Crippen LogP contribution in [0.2, 0.25) is 0 Å². The smallest absolute Gasteiger partial charge is 0.227 e. The van der Waals surface area contributed by atoms with Crippen LogP contribution in [0.3, 0.4) is 0 Å². The Morgan fingerprint density at radius 3 is 1.70 bits per heavy atom. The standard InChI is InChI=1S/C42H26N4O/c1-3-12-30(13-4-1)39-44-40(31-23-21-28(22-24-31)34-19-9-16-27-11-7-8-18-33(27)34)46-41(45-39)35-20-10-17-29-25-26-36-38(37(29)35)47-42(43-36)32-14-5-2-6-15-32/h1-26H. The van der Waals surface area contributed by atoms with E-state index in [0.717, 1.165) is 44.1 Å². The maximum atomic E-state index is 6.46. The van der Waals surface area contributed by atoms with E-state index >= 15 is 0 Å². The molecule has 0 amide bonds. The van der Waals surface area contributed by atoms with E-state index in [1.165, 1.54) is 16.3 Å². The predicted octanol–water partition coefficient (Wildman–Crippen LogP) is 10.7. The minimum atomic E-state index is 0.572. The normalized spacial score (nSPS) is 11.4. The molecule has 0 bridgehead atoms. The monoisotopic (exact) mass is 602 g/mol. The summed E-state index contributed by atoms with van der Waals surface area (Å²) in [6, 6.07) is 53.6. The van der Waals surface area contributed by atoms with Crippen LogP contribution < -0.4 is 0 Å². The maximum absolute atomic E-state index is 6.46. The van der Waals surface area contributed by atoms with Crippen molar-refractivity contribution >= 4 is 32.6 Å². The highest BCUT2D eigenvalue weighted by atomic mass is 16.3. The number of hydrogen-bond acceptors (Lipinski definition) is 5. The predicted molar refractivity (Wildman–Crippen MR) is 190 cm³/mol. The fraction of sp³-hybridized carbons (Fsp3) is 0. The molecule has 9 rings (SSSR count). The zero-order valence-electron chi connectivity index (χ0n) is 25.2. The first-order chi connectivity index (χ1) is 23.3. The van der Waals surface area contributed by atoms with Crippen LogP contribution in [0.25, 0.3) is 89.4 Å². The minimum absolute atomic E-state index is 0.572. The van der Waals surface area contributed by atoms with Gasteiger partial charge >= 0.3 is 0 Å². The van der Waals surface area contributed by atoms with Crippen molar-refractivity contribution in [1.29, 1.82) is 0 Å². The third-order valence-corrected chi connectivity index (χ3v) is 8.57. The molecule has 5 nitrogen and oxygen atoms in total. The molecular weight excluding hydrogens is 576 g/mol. The molecule has 220 valence electrons. The van der Waals surface area contributed by atoms with Crippen molar-refractivity contribution in [2.45, 2.75) is 0 Å². The molecule has 9 aromatic rings. The Kier molecular flexibility index (Phi) is 6.39. The molecular formula is C42H26N4O. The zero-order chi connectivity index (χ0) is 31.2. The number of rotatable bonds is 5. The highest BCUT2D eigenvalue weighted by Gasteiger charge is 2.19. The average Bonchev–Trinajstić information content (AvgIpc) is 3.60. The fourth-order valence-corrected chi connectivity index (χ4v) is 6.26. The fourth-order valence-electron chi connectivity index (χ4n) is 6.26. The molecule has 0 atom stereocenters. The van der Waals surface area contributed by atoms with Gasteiger partial charge in [-0.2, -0.15) is 0 Å². The molecule has 0 unspecified atom stereocenters. The lowest BCUT2D eigenvalue weighted by Gasteiger charge is -2.11. The van der Waals surface area contributed by atoms with E-state index in [9.17, 15) is 0 Å². The van der Waals surface area contributed by atoms with Crippen LogP contribution in [-0.2, 0) is 0 Å². The number of fused-ring (bicyclic) bond motifs is 4. The van der Waals surface area contributed by atoms with Gasteiger partial charge in [-0.1, -0.05) is 140 Å². The Hall–Kier alpha value is -6.46. The maximum Gasteiger partial charge on any atom is 0.227 e. The third kappa shape index (κ3) is 4.82. The summed E-state index contributed by atoms with van der Waals surface area (Å²) in [6.45, 7) is 0. The van der Waals surface area contributed by atoms with Crippen LogP contribution in [0, 0.1) is 0 Å². The van der Waals surface area contributed by atoms with Crippen molar-refractivity contribution in [3.63, 3.8) is 0 Å². The molecule has 0 aliphatic rings. The summed E-state index contributed by atoms with van der Waals surface area (Å²) in [5.41, 5.74) is 7.43.